The van der Waals surface area contributed by atoms with Gasteiger partial charge in [-0.05, 0) is 36.4 Å². The van der Waals surface area contributed by atoms with E-state index in [0.29, 0.717) is 22.6 Å². The molecule has 82 valence electrons. The fourth-order valence-electron chi connectivity index (χ4n) is 1.58. The highest BCUT2D eigenvalue weighted by Crippen LogP contribution is 2.34. The lowest BCUT2D eigenvalue weighted by atomic mass is 10.0. The molecular formula is C12H13N3O. The number of rotatable bonds is 1. The molecule has 2 aromatic carbocycles. The molecule has 0 saturated carbocycles. The van der Waals surface area contributed by atoms with Crippen molar-refractivity contribution in [3.05, 3.63) is 36.4 Å². The van der Waals surface area contributed by atoms with Gasteiger partial charge in [0.05, 0.1) is 0 Å². The molecule has 16 heavy (non-hydrogen) atoms. The molecule has 0 aliphatic carbocycles. The van der Waals surface area contributed by atoms with E-state index >= 15 is 0 Å². The average molecular weight is 215 g/mol. The molecule has 0 unspecified atom stereocenters. The lowest BCUT2D eigenvalue weighted by molar-refractivity contribution is 0.475. The lowest BCUT2D eigenvalue weighted by Crippen LogP contribution is -1.96. The van der Waals surface area contributed by atoms with Crippen LogP contribution in [0.4, 0.5) is 17.1 Å². The minimum absolute atomic E-state index is 0.144. The van der Waals surface area contributed by atoms with Gasteiger partial charge in [-0.3, -0.25) is 0 Å². The first-order valence-corrected chi connectivity index (χ1v) is 4.82. The fourth-order valence-corrected chi connectivity index (χ4v) is 1.58. The van der Waals surface area contributed by atoms with Crippen LogP contribution in [0.5, 0.6) is 5.75 Å². The smallest absolute Gasteiger partial charge is 0.116 e. The van der Waals surface area contributed by atoms with Crippen molar-refractivity contribution < 1.29 is 5.11 Å². The van der Waals surface area contributed by atoms with E-state index in [1.165, 1.54) is 6.07 Å². The number of phenols is 1. The maximum Gasteiger partial charge on any atom is 0.116 e. The van der Waals surface area contributed by atoms with Crippen molar-refractivity contribution >= 4 is 17.1 Å². The summed E-state index contributed by atoms with van der Waals surface area (Å²) in [6.07, 6.45) is 0. The summed E-state index contributed by atoms with van der Waals surface area (Å²) in [4.78, 5) is 0. The Kier molecular flexibility index (Phi) is 2.32. The third-order valence-electron chi connectivity index (χ3n) is 2.40. The molecule has 0 aromatic heterocycles. The predicted octanol–water partition coefficient (Wildman–Crippen LogP) is 1.81. The van der Waals surface area contributed by atoms with Gasteiger partial charge in [0.1, 0.15) is 5.75 Å². The van der Waals surface area contributed by atoms with Gasteiger partial charge in [-0.15, -0.1) is 0 Å². The first kappa shape index (κ1) is 10.2. The first-order valence-electron chi connectivity index (χ1n) is 4.82. The molecule has 2 aromatic rings. The van der Waals surface area contributed by atoms with Crippen LogP contribution < -0.4 is 17.2 Å². The summed E-state index contributed by atoms with van der Waals surface area (Å²) in [5, 5.41) is 9.43. The van der Waals surface area contributed by atoms with Gasteiger partial charge in [0.2, 0.25) is 0 Å². The van der Waals surface area contributed by atoms with Gasteiger partial charge in [0, 0.05) is 28.2 Å². The molecule has 0 bridgehead atoms. The highest BCUT2D eigenvalue weighted by molar-refractivity contribution is 5.86. The van der Waals surface area contributed by atoms with Crippen molar-refractivity contribution in [2.45, 2.75) is 0 Å². The van der Waals surface area contributed by atoms with Crippen LogP contribution in [0.2, 0.25) is 0 Å². The molecule has 2 rings (SSSR count). The normalized spacial score (nSPS) is 10.2. The molecule has 4 nitrogen and oxygen atoms in total. The van der Waals surface area contributed by atoms with E-state index in [1.807, 2.05) is 0 Å². The third-order valence-corrected chi connectivity index (χ3v) is 2.40. The third kappa shape index (κ3) is 1.72. The maximum atomic E-state index is 9.43. The van der Waals surface area contributed by atoms with E-state index in [1.54, 1.807) is 30.3 Å². The molecule has 4 heteroatoms. The Morgan fingerprint density at radius 2 is 1.31 bits per heavy atom. The molecule has 0 saturated heterocycles. The maximum absolute atomic E-state index is 9.43. The summed E-state index contributed by atoms with van der Waals surface area (Å²) in [5.74, 6) is 0.144. The molecular weight excluding hydrogens is 202 g/mol. The van der Waals surface area contributed by atoms with Crippen molar-refractivity contribution in [2.75, 3.05) is 17.2 Å². The summed E-state index contributed by atoms with van der Waals surface area (Å²) in [6, 6.07) is 9.90. The van der Waals surface area contributed by atoms with E-state index < -0.39 is 0 Å². The van der Waals surface area contributed by atoms with E-state index in [2.05, 4.69) is 0 Å². The molecule has 0 radical (unpaired) electrons. The Bertz CT molecular complexity index is 488. The lowest BCUT2D eigenvalue weighted by Gasteiger charge is -2.10. The van der Waals surface area contributed by atoms with Crippen LogP contribution in [-0.4, -0.2) is 5.11 Å². The van der Waals surface area contributed by atoms with E-state index in [9.17, 15) is 5.11 Å². The minimum Gasteiger partial charge on any atom is -0.508 e. The standard InChI is InChI=1S/C12H13N3O/c13-7-1-3-11(14)9(5-7)10-6-8(16)2-4-12(10)15/h1-6,16H,13-15H2. The highest BCUT2D eigenvalue weighted by atomic mass is 16.3. The second kappa shape index (κ2) is 3.66. The summed E-state index contributed by atoms with van der Waals surface area (Å²) in [7, 11) is 0. The number of aromatic hydroxyl groups is 1. The Labute approximate surface area is 93.3 Å². The Morgan fingerprint density at radius 1 is 0.750 bits per heavy atom. The van der Waals surface area contributed by atoms with E-state index in [0.717, 1.165) is 5.56 Å². The van der Waals surface area contributed by atoms with Crippen LogP contribution >= 0.6 is 0 Å². The van der Waals surface area contributed by atoms with Crippen LogP contribution in [0.25, 0.3) is 11.1 Å². The quantitative estimate of drug-likeness (QED) is 0.430. The van der Waals surface area contributed by atoms with Crippen LogP contribution in [0.3, 0.4) is 0 Å². The Hall–Kier alpha value is -2.36. The second-order valence-corrected chi connectivity index (χ2v) is 3.62. The summed E-state index contributed by atoms with van der Waals surface area (Å²) in [5.41, 5.74) is 20.5. The number of anilines is 3. The molecule has 0 atom stereocenters. The van der Waals surface area contributed by atoms with E-state index in [-0.39, 0.29) is 5.75 Å². The first-order chi connectivity index (χ1) is 7.58. The van der Waals surface area contributed by atoms with Crippen LogP contribution in [0.15, 0.2) is 36.4 Å². The highest BCUT2D eigenvalue weighted by Gasteiger charge is 2.07. The number of nitrogens with two attached hydrogens (primary N) is 3. The zero-order valence-corrected chi connectivity index (χ0v) is 8.64. The second-order valence-electron chi connectivity index (χ2n) is 3.62. The zero-order valence-electron chi connectivity index (χ0n) is 8.64. The van der Waals surface area contributed by atoms with Gasteiger partial charge < -0.3 is 22.3 Å². The van der Waals surface area contributed by atoms with Crippen molar-refractivity contribution in [1.29, 1.82) is 0 Å². The summed E-state index contributed by atoms with van der Waals surface area (Å²) >= 11 is 0. The average Bonchev–Trinajstić information content (AvgIpc) is 2.25. The van der Waals surface area contributed by atoms with Gasteiger partial charge in [0.15, 0.2) is 0 Å². The number of nitrogen functional groups attached to an aromatic ring is 3. The number of hydrogen-bond donors (Lipinski definition) is 4. The predicted molar refractivity (Wildman–Crippen MR) is 66.8 cm³/mol. The minimum atomic E-state index is 0.144. The van der Waals surface area contributed by atoms with Gasteiger partial charge in [-0.2, -0.15) is 0 Å². The topological polar surface area (TPSA) is 98.3 Å². The van der Waals surface area contributed by atoms with Crippen molar-refractivity contribution in [3.8, 4) is 16.9 Å². The van der Waals surface area contributed by atoms with Gasteiger partial charge >= 0.3 is 0 Å². The fraction of sp³-hybridized carbons (Fsp3) is 0. The van der Waals surface area contributed by atoms with Crippen molar-refractivity contribution in [1.82, 2.24) is 0 Å². The molecule has 0 amide bonds. The van der Waals surface area contributed by atoms with Crippen LogP contribution in [0, 0.1) is 0 Å². The molecule has 0 aliphatic heterocycles. The van der Waals surface area contributed by atoms with Crippen molar-refractivity contribution in [3.63, 3.8) is 0 Å². The number of phenolic OH excluding ortho intramolecular Hbond substituents is 1. The molecule has 0 aliphatic rings. The SMILES string of the molecule is Nc1ccc(N)c(-c2cc(O)ccc2N)c1. The van der Waals surface area contributed by atoms with Gasteiger partial charge in [-0.1, -0.05) is 0 Å². The summed E-state index contributed by atoms with van der Waals surface area (Å²) < 4.78 is 0. The van der Waals surface area contributed by atoms with Crippen LogP contribution in [0.1, 0.15) is 0 Å². The summed E-state index contributed by atoms with van der Waals surface area (Å²) in [6.45, 7) is 0. The van der Waals surface area contributed by atoms with Gasteiger partial charge in [-0.25, -0.2) is 0 Å². The number of hydrogen-bond acceptors (Lipinski definition) is 4. The van der Waals surface area contributed by atoms with E-state index in [4.69, 9.17) is 17.2 Å². The molecule has 0 fully saturated rings. The van der Waals surface area contributed by atoms with Gasteiger partial charge in [0.25, 0.3) is 0 Å². The molecule has 0 heterocycles. The Morgan fingerprint density at radius 3 is 2.00 bits per heavy atom. The zero-order chi connectivity index (χ0) is 11.7. The number of benzene rings is 2. The molecule has 0 spiro atoms. The Balaban J connectivity index is 2.66. The van der Waals surface area contributed by atoms with Crippen molar-refractivity contribution in [2.24, 2.45) is 0 Å². The van der Waals surface area contributed by atoms with Crippen LogP contribution in [-0.2, 0) is 0 Å². The monoisotopic (exact) mass is 215 g/mol. The molecule has 7 N–H and O–H groups in total. The largest absolute Gasteiger partial charge is 0.508 e.